The minimum Gasteiger partial charge on any atom is -0.493 e. The van der Waals surface area contributed by atoms with Crippen LogP contribution >= 0.6 is 0 Å². The Morgan fingerprint density at radius 3 is 2.94 bits per heavy atom. The maximum atomic E-state index is 8.67. The number of hydrogen-bond donors (Lipinski definition) is 1. The second-order valence-corrected chi connectivity index (χ2v) is 3.07. The molecule has 0 radical (unpaired) electrons. The van der Waals surface area contributed by atoms with E-state index < -0.39 is 0 Å². The average Bonchev–Trinajstić information content (AvgIpc) is 2.77. The van der Waals surface area contributed by atoms with E-state index in [9.17, 15) is 0 Å². The standard InChI is InChI=1S/C10H9N5O/c1-16-9-2-7(12)4-13-10(9)15-5-8(3-11)14-6-15/h2,4-6H,12H2,1H3. The summed E-state index contributed by atoms with van der Waals surface area (Å²) in [6.45, 7) is 0. The van der Waals surface area contributed by atoms with Gasteiger partial charge in [0, 0.05) is 12.3 Å². The highest BCUT2D eigenvalue weighted by atomic mass is 16.5. The topological polar surface area (TPSA) is 89.8 Å². The van der Waals surface area contributed by atoms with Gasteiger partial charge in [0.1, 0.15) is 12.4 Å². The summed E-state index contributed by atoms with van der Waals surface area (Å²) in [5.74, 6) is 1.08. The molecule has 0 aliphatic rings. The molecule has 6 heteroatoms. The molecule has 0 amide bonds. The monoisotopic (exact) mass is 215 g/mol. The summed E-state index contributed by atoms with van der Waals surface area (Å²) in [5.41, 5.74) is 6.43. The normalized spacial score (nSPS) is 9.75. The molecule has 0 atom stereocenters. The smallest absolute Gasteiger partial charge is 0.180 e. The van der Waals surface area contributed by atoms with Crippen molar-refractivity contribution >= 4 is 5.69 Å². The van der Waals surface area contributed by atoms with E-state index in [2.05, 4.69) is 9.97 Å². The van der Waals surface area contributed by atoms with Gasteiger partial charge >= 0.3 is 0 Å². The lowest BCUT2D eigenvalue weighted by atomic mass is 10.4. The van der Waals surface area contributed by atoms with Gasteiger partial charge in [-0.05, 0) is 0 Å². The van der Waals surface area contributed by atoms with E-state index in [4.69, 9.17) is 15.7 Å². The van der Waals surface area contributed by atoms with Crippen molar-refractivity contribution in [2.24, 2.45) is 0 Å². The van der Waals surface area contributed by atoms with Gasteiger partial charge in [-0.25, -0.2) is 9.97 Å². The molecule has 16 heavy (non-hydrogen) atoms. The minimum absolute atomic E-state index is 0.320. The zero-order valence-electron chi connectivity index (χ0n) is 8.58. The highest BCUT2D eigenvalue weighted by Gasteiger charge is 2.08. The van der Waals surface area contributed by atoms with E-state index in [0.717, 1.165) is 0 Å². The molecule has 0 aromatic carbocycles. The van der Waals surface area contributed by atoms with Crippen LogP contribution in [0.15, 0.2) is 24.8 Å². The summed E-state index contributed by atoms with van der Waals surface area (Å²) in [4.78, 5) is 8.01. The molecule has 0 spiro atoms. The molecule has 2 aromatic rings. The van der Waals surface area contributed by atoms with Crippen LogP contribution in [0, 0.1) is 11.3 Å². The zero-order valence-corrected chi connectivity index (χ0v) is 8.58. The van der Waals surface area contributed by atoms with E-state index in [-0.39, 0.29) is 0 Å². The Morgan fingerprint density at radius 1 is 1.50 bits per heavy atom. The first-order valence-electron chi connectivity index (χ1n) is 4.48. The number of aromatic nitrogens is 3. The van der Waals surface area contributed by atoms with Crippen molar-refractivity contribution < 1.29 is 4.74 Å². The zero-order chi connectivity index (χ0) is 11.5. The fourth-order valence-corrected chi connectivity index (χ4v) is 1.29. The molecule has 2 rings (SSSR count). The van der Waals surface area contributed by atoms with Gasteiger partial charge in [0.15, 0.2) is 17.3 Å². The molecule has 0 saturated carbocycles. The molecule has 2 aromatic heterocycles. The number of ether oxygens (including phenoxy) is 1. The highest BCUT2D eigenvalue weighted by molar-refractivity contribution is 5.50. The molecule has 0 bridgehead atoms. The fourth-order valence-electron chi connectivity index (χ4n) is 1.29. The van der Waals surface area contributed by atoms with Crippen molar-refractivity contribution in [1.82, 2.24) is 14.5 Å². The molecule has 6 nitrogen and oxygen atoms in total. The molecule has 2 N–H and O–H groups in total. The van der Waals surface area contributed by atoms with Crippen LogP contribution in [0.2, 0.25) is 0 Å². The Hall–Kier alpha value is -2.55. The number of methoxy groups -OCH3 is 1. The van der Waals surface area contributed by atoms with Crippen LogP contribution in [-0.4, -0.2) is 21.6 Å². The van der Waals surface area contributed by atoms with Gasteiger partial charge in [-0.2, -0.15) is 5.26 Å². The second-order valence-electron chi connectivity index (χ2n) is 3.07. The Bertz CT molecular complexity index is 555. The number of nitriles is 1. The van der Waals surface area contributed by atoms with Gasteiger partial charge in [0.2, 0.25) is 0 Å². The van der Waals surface area contributed by atoms with Crippen LogP contribution < -0.4 is 10.5 Å². The number of pyridine rings is 1. The van der Waals surface area contributed by atoms with Gasteiger partial charge in [-0.3, -0.25) is 4.57 Å². The van der Waals surface area contributed by atoms with Crippen molar-refractivity contribution in [1.29, 1.82) is 5.26 Å². The summed E-state index contributed by atoms with van der Waals surface area (Å²) in [5, 5.41) is 8.67. The summed E-state index contributed by atoms with van der Waals surface area (Å²) >= 11 is 0. The number of nitrogens with two attached hydrogens (primary N) is 1. The summed E-state index contributed by atoms with van der Waals surface area (Å²) in [7, 11) is 1.53. The first kappa shape index (κ1) is 9.98. The number of anilines is 1. The lowest BCUT2D eigenvalue weighted by Gasteiger charge is -2.07. The van der Waals surface area contributed by atoms with Crippen molar-refractivity contribution in [3.63, 3.8) is 0 Å². The Labute approximate surface area is 91.9 Å². The number of nitrogens with zero attached hydrogens (tertiary/aromatic N) is 4. The van der Waals surface area contributed by atoms with Crippen LogP contribution in [-0.2, 0) is 0 Å². The average molecular weight is 215 g/mol. The second kappa shape index (κ2) is 3.90. The molecular weight excluding hydrogens is 206 g/mol. The van der Waals surface area contributed by atoms with E-state index in [1.165, 1.54) is 19.6 Å². The van der Waals surface area contributed by atoms with E-state index in [0.29, 0.717) is 22.9 Å². The predicted molar refractivity (Wildman–Crippen MR) is 57.0 cm³/mol. The Balaban J connectivity index is 2.51. The van der Waals surface area contributed by atoms with Crippen LogP contribution in [0.4, 0.5) is 5.69 Å². The van der Waals surface area contributed by atoms with Gasteiger partial charge in [0.25, 0.3) is 0 Å². The van der Waals surface area contributed by atoms with Crippen LogP contribution in [0.3, 0.4) is 0 Å². The maximum absolute atomic E-state index is 8.67. The number of hydrogen-bond acceptors (Lipinski definition) is 5. The van der Waals surface area contributed by atoms with Gasteiger partial charge < -0.3 is 10.5 Å². The molecular formula is C10H9N5O. The predicted octanol–water partition coefficient (Wildman–Crippen LogP) is 0.730. The lowest BCUT2D eigenvalue weighted by molar-refractivity contribution is 0.411. The van der Waals surface area contributed by atoms with Crippen molar-refractivity contribution in [3.05, 3.63) is 30.5 Å². The third-order valence-corrected chi connectivity index (χ3v) is 2.02. The third kappa shape index (κ3) is 1.66. The molecule has 0 fully saturated rings. The van der Waals surface area contributed by atoms with Gasteiger partial charge in [-0.15, -0.1) is 0 Å². The first-order chi connectivity index (χ1) is 7.74. The van der Waals surface area contributed by atoms with Crippen LogP contribution in [0.1, 0.15) is 5.69 Å². The van der Waals surface area contributed by atoms with E-state index in [1.54, 1.807) is 16.8 Å². The molecule has 0 saturated heterocycles. The summed E-state index contributed by atoms with van der Waals surface area (Å²) < 4.78 is 6.76. The van der Waals surface area contributed by atoms with Gasteiger partial charge in [-0.1, -0.05) is 0 Å². The van der Waals surface area contributed by atoms with Crippen LogP contribution in [0.5, 0.6) is 5.75 Å². The third-order valence-electron chi connectivity index (χ3n) is 2.02. The fraction of sp³-hybridized carbons (Fsp3) is 0.100. The lowest BCUT2D eigenvalue weighted by Crippen LogP contribution is -2.00. The maximum Gasteiger partial charge on any atom is 0.180 e. The summed E-state index contributed by atoms with van der Waals surface area (Å²) in [6.07, 6.45) is 4.59. The van der Waals surface area contributed by atoms with Crippen LogP contribution in [0.25, 0.3) is 5.82 Å². The van der Waals surface area contributed by atoms with E-state index in [1.807, 2.05) is 6.07 Å². The van der Waals surface area contributed by atoms with Crippen molar-refractivity contribution in [2.45, 2.75) is 0 Å². The SMILES string of the molecule is COc1cc(N)cnc1-n1cnc(C#N)c1. The Morgan fingerprint density at radius 2 is 2.31 bits per heavy atom. The first-order valence-corrected chi connectivity index (χ1v) is 4.48. The van der Waals surface area contributed by atoms with Crippen molar-refractivity contribution in [2.75, 3.05) is 12.8 Å². The molecule has 2 heterocycles. The molecule has 80 valence electrons. The van der Waals surface area contributed by atoms with Crippen molar-refractivity contribution in [3.8, 4) is 17.6 Å². The summed E-state index contributed by atoms with van der Waals surface area (Å²) in [6, 6.07) is 3.60. The number of nitrogen functional groups attached to an aromatic ring is 1. The Kier molecular flexibility index (Phi) is 2.44. The molecule has 0 aliphatic carbocycles. The quantitative estimate of drug-likeness (QED) is 0.797. The molecule has 0 unspecified atom stereocenters. The largest absolute Gasteiger partial charge is 0.493 e. The minimum atomic E-state index is 0.320. The number of imidazole rings is 1. The highest BCUT2D eigenvalue weighted by Crippen LogP contribution is 2.22. The molecule has 0 aliphatic heterocycles. The van der Waals surface area contributed by atoms with E-state index >= 15 is 0 Å². The number of rotatable bonds is 2. The van der Waals surface area contributed by atoms with Gasteiger partial charge in [0.05, 0.1) is 19.0 Å².